The van der Waals surface area contributed by atoms with Gasteiger partial charge in [-0.2, -0.15) is 0 Å². The number of amides is 1. The van der Waals surface area contributed by atoms with Gasteiger partial charge in [-0.05, 0) is 24.8 Å². The van der Waals surface area contributed by atoms with Gasteiger partial charge in [-0.25, -0.2) is 4.79 Å². The van der Waals surface area contributed by atoms with E-state index in [-0.39, 0.29) is 16.8 Å². The standard InChI is InChI=1S/C21H30N2O4/c1-7-8-11-27-17-15-10-9-14(2)12-16(15)19(24)23(13-21(3,4)5)18(17)22(6)20(25)26/h9-10,12H,7-8,11,13H2,1-6H3,(H,25,26). The van der Waals surface area contributed by atoms with Crippen molar-refractivity contribution in [1.29, 1.82) is 0 Å². The summed E-state index contributed by atoms with van der Waals surface area (Å²) in [6, 6.07) is 5.59. The number of hydrogen-bond acceptors (Lipinski definition) is 3. The Morgan fingerprint density at radius 3 is 2.48 bits per heavy atom. The van der Waals surface area contributed by atoms with Gasteiger partial charge in [0.25, 0.3) is 5.56 Å². The Morgan fingerprint density at radius 1 is 1.26 bits per heavy atom. The van der Waals surface area contributed by atoms with Crippen LogP contribution in [0, 0.1) is 12.3 Å². The lowest BCUT2D eigenvalue weighted by Crippen LogP contribution is -2.35. The normalized spacial score (nSPS) is 11.6. The Labute approximate surface area is 160 Å². The van der Waals surface area contributed by atoms with E-state index in [1.807, 2.05) is 45.9 Å². The van der Waals surface area contributed by atoms with Crippen molar-refractivity contribution in [3.05, 3.63) is 34.1 Å². The molecule has 1 heterocycles. The lowest BCUT2D eigenvalue weighted by molar-refractivity contribution is 0.202. The van der Waals surface area contributed by atoms with E-state index < -0.39 is 6.09 Å². The average Bonchev–Trinajstić information content (AvgIpc) is 2.57. The van der Waals surface area contributed by atoms with Gasteiger partial charge < -0.3 is 9.84 Å². The van der Waals surface area contributed by atoms with Crippen molar-refractivity contribution in [2.75, 3.05) is 18.6 Å². The van der Waals surface area contributed by atoms with E-state index in [2.05, 4.69) is 6.92 Å². The first-order valence-electron chi connectivity index (χ1n) is 9.33. The van der Waals surface area contributed by atoms with Crippen LogP contribution in [0.1, 0.15) is 46.1 Å². The number of aryl methyl sites for hydroxylation is 1. The number of ether oxygens (including phenoxy) is 1. The number of benzene rings is 1. The molecule has 6 heteroatoms. The SMILES string of the molecule is CCCCOc1c(N(C)C(=O)O)n(CC(C)(C)C)c(=O)c2cc(C)ccc12. The lowest BCUT2D eigenvalue weighted by atomic mass is 9.96. The average molecular weight is 374 g/mol. The van der Waals surface area contributed by atoms with Crippen molar-refractivity contribution in [2.24, 2.45) is 5.41 Å². The van der Waals surface area contributed by atoms with Gasteiger partial charge in [-0.1, -0.05) is 51.8 Å². The van der Waals surface area contributed by atoms with Gasteiger partial charge in [0, 0.05) is 19.0 Å². The fourth-order valence-electron chi connectivity index (χ4n) is 3.02. The van der Waals surface area contributed by atoms with Gasteiger partial charge in [0.2, 0.25) is 0 Å². The van der Waals surface area contributed by atoms with Gasteiger partial charge in [0.1, 0.15) is 0 Å². The van der Waals surface area contributed by atoms with Crippen LogP contribution < -0.4 is 15.2 Å². The highest BCUT2D eigenvalue weighted by Crippen LogP contribution is 2.36. The van der Waals surface area contributed by atoms with Crippen LogP contribution in [0.5, 0.6) is 5.75 Å². The molecule has 2 aromatic rings. The first-order chi connectivity index (χ1) is 12.6. The second-order valence-corrected chi connectivity index (χ2v) is 8.20. The number of anilines is 1. The largest absolute Gasteiger partial charge is 0.489 e. The van der Waals surface area contributed by atoms with Crippen LogP contribution in [-0.2, 0) is 6.54 Å². The number of aromatic nitrogens is 1. The number of hydrogen-bond donors (Lipinski definition) is 1. The van der Waals surface area contributed by atoms with E-state index in [9.17, 15) is 14.7 Å². The molecule has 0 saturated carbocycles. The summed E-state index contributed by atoms with van der Waals surface area (Å²) in [4.78, 5) is 26.1. The Balaban J connectivity index is 2.89. The third-order valence-electron chi connectivity index (χ3n) is 4.34. The third kappa shape index (κ3) is 4.62. The second-order valence-electron chi connectivity index (χ2n) is 8.20. The zero-order valence-electron chi connectivity index (χ0n) is 17.1. The third-order valence-corrected chi connectivity index (χ3v) is 4.34. The zero-order chi connectivity index (χ0) is 20.4. The van der Waals surface area contributed by atoms with Crippen LogP contribution in [0.3, 0.4) is 0 Å². The van der Waals surface area contributed by atoms with Crippen LogP contribution >= 0.6 is 0 Å². The van der Waals surface area contributed by atoms with E-state index in [4.69, 9.17) is 4.74 Å². The second kappa shape index (κ2) is 8.03. The molecule has 0 bridgehead atoms. The van der Waals surface area contributed by atoms with Crippen LogP contribution in [0.15, 0.2) is 23.0 Å². The molecule has 0 saturated heterocycles. The predicted molar refractivity (Wildman–Crippen MR) is 109 cm³/mol. The highest BCUT2D eigenvalue weighted by atomic mass is 16.5. The summed E-state index contributed by atoms with van der Waals surface area (Å²) in [6.07, 6.45) is 0.675. The fourth-order valence-corrected chi connectivity index (χ4v) is 3.02. The summed E-state index contributed by atoms with van der Waals surface area (Å²) in [5.41, 5.74) is 0.561. The minimum Gasteiger partial charge on any atom is -0.489 e. The molecule has 0 aliphatic rings. The Hall–Kier alpha value is -2.50. The molecule has 0 radical (unpaired) electrons. The molecule has 148 valence electrons. The summed E-state index contributed by atoms with van der Waals surface area (Å²) in [5.74, 6) is 0.738. The Bertz CT molecular complexity index is 894. The fraction of sp³-hybridized carbons (Fsp3) is 0.524. The number of carboxylic acid groups (broad SMARTS) is 1. The number of carbonyl (C=O) groups is 1. The topological polar surface area (TPSA) is 71.8 Å². The first kappa shape index (κ1) is 20.8. The molecule has 0 aliphatic carbocycles. The maximum Gasteiger partial charge on any atom is 0.412 e. The highest BCUT2D eigenvalue weighted by molar-refractivity contribution is 5.96. The molecule has 27 heavy (non-hydrogen) atoms. The van der Waals surface area contributed by atoms with E-state index in [1.165, 1.54) is 11.6 Å². The highest BCUT2D eigenvalue weighted by Gasteiger charge is 2.26. The molecule has 1 amide bonds. The number of nitrogens with zero attached hydrogens (tertiary/aromatic N) is 2. The summed E-state index contributed by atoms with van der Waals surface area (Å²) >= 11 is 0. The monoisotopic (exact) mass is 374 g/mol. The van der Waals surface area contributed by atoms with Crippen molar-refractivity contribution >= 4 is 22.7 Å². The maximum absolute atomic E-state index is 13.3. The van der Waals surface area contributed by atoms with Crippen LogP contribution in [-0.4, -0.2) is 29.4 Å². The molecule has 0 fully saturated rings. The molecule has 0 aliphatic heterocycles. The van der Waals surface area contributed by atoms with Gasteiger partial charge in [0.15, 0.2) is 11.6 Å². The van der Waals surface area contributed by atoms with Gasteiger partial charge in [-0.3, -0.25) is 14.3 Å². The minimum absolute atomic E-state index is 0.199. The molecule has 1 aromatic heterocycles. The lowest BCUT2D eigenvalue weighted by Gasteiger charge is -2.28. The van der Waals surface area contributed by atoms with Crippen molar-refractivity contribution in [3.63, 3.8) is 0 Å². The number of pyridine rings is 1. The van der Waals surface area contributed by atoms with Crippen molar-refractivity contribution in [2.45, 2.75) is 54.0 Å². The summed E-state index contributed by atoms with van der Waals surface area (Å²) < 4.78 is 7.59. The smallest absolute Gasteiger partial charge is 0.412 e. The van der Waals surface area contributed by atoms with Crippen LogP contribution in [0.4, 0.5) is 10.6 Å². The van der Waals surface area contributed by atoms with E-state index in [0.717, 1.165) is 23.3 Å². The van der Waals surface area contributed by atoms with Crippen LogP contribution in [0.2, 0.25) is 0 Å². The minimum atomic E-state index is -1.14. The van der Waals surface area contributed by atoms with E-state index in [1.54, 1.807) is 0 Å². The molecular formula is C21H30N2O4. The van der Waals surface area contributed by atoms with E-state index in [0.29, 0.717) is 29.7 Å². The number of rotatable bonds is 6. The van der Waals surface area contributed by atoms with Crippen LogP contribution in [0.25, 0.3) is 10.8 Å². The number of fused-ring (bicyclic) bond motifs is 1. The Kier molecular flexibility index (Phi) is 6.19. The summed E-state index contributed by atoms with van der Waals surface area (Å²) in [7, 11) is 1.45. The van der Waals surface area contributed by atoms with Gasteiger partial charge >= 0.3 is 6.09 Å². The first-order valence-corrected chi connectivity index (χ1v) is 9.33. The van der Waals surface area contributed by atoms with Crippen molar-refractivity contribution in [3.8, 4) is 5.75 Å². The summed E-state index contributed by atoms with van der Waals surface area (Å²) in [6.45, 7) is 10.9. The quantitative estimate of drug-likeness (QED) is 0.747. The molecule has 1 N–H and O–H groups in total. The Morgan fingerprint density at radius 2 is 1.93 bits per heavy atom. The molecule has 0 unspecified atom stereocenters. The molecule has 1 aromatic carbocycles. The zero-order valence-corrected chi connectivity index (χ0v) is 17.1. The molecule has 2 rings (SSSR count). The van der Waals surface area contributed by atoms with Gasteiger partial charge in [-0.15, -0.1) is 0 Å². The summed E-state index contributed by atoms with van der Waals surface area (Å²) in [5, 5.41) is 10.8. The molecule has 0 atom stereocenters. The molecular weight excluding hydrogens is 344 g/mol. The van der Waals surface area contributed by atoms with Crippen molar-refractivity contribution < 1.29 is 14.6 Å². The van der Waals surface area contributed by atoms with Gasteiger partial charge in [0.05, 0.1) is 12.0 Å². The van der Waals surface area contributed by atoms with Crippen molar-refractivity contribution in [1.82, 2.24) is 4.57 Å². The molecule has 6 nitrogen and oxygen atoms in total. The maximum atomic E-state index is 13.3. The predicted octanol–water partition coefficient (Wildman–Crippen LogP) is 4.65. The number of unbranched alkanes of at least 4 members (excludes halogenated alkanes) is 1. The van der Waals surface area contributed by atoms with E-state index >= 15 is 0 Å². The molecule has 0 spiro atoms.